The van der Waals surface area contributed by atoms with E-state index in [1.165, 1.54) is 4.31 Å². The van der Waals surface area contributed by atoms with Crippen LogP contribution in [0.5, 0.6) is 0 Å². The minimum Gasteiger partial charge on any atom is -0.444 e. The van der Waals surface area contributed by atoms with Gasteiger partial charge in [-0.15, -0.1) is 0 Å². The first kappa shape index (κ1) is 25.7. The molecule has 1 heterocycles. The Kier molecular flexibility index (Phi) is 8.33. The summed E-state index contributed by atoms with van der Waals surface area (Å²) < 4.78 is 32.2. The van der Waals surface area contributed by atoms with Crippen LogP contribution in [0.3, 0.4) is 0 Å². The molecule has 2 amide bonds. The Balaban J connectivity index is 1.64. The lowest BCUT2D eigenvalue weighted by Gasteiger charge is -2.23. The summed E-state index contributed by atoms with van der Waals surface area (Å²) in [5, 5.41) is 5.49. The lowest BCUT2D eigenvalue weighted by molar-refractivity contribution is -0.123. The molecule has 1 atom stereocenters. The fourth-order valence-electron chi connectivity index (χ4n) is 3.68. The van der Waals surface area contributed by atoms with Gasteiger partial charge in [-0.1, -0.05) is 42.5 Å². The Hall–Kier alpha value is -2.91. The number of ether oxygens (including phenoxy) is 1. The van der Waals surface area contributed by atoms with Crippen molar-refractivity contribution in [2.75, 3.05) is 13.1 Å². The number of amides is 2. The minimum atomic E-state index is -3.48. The van der Waals surface area contributed by atoms with Crippen LogP contribution in [0, 0.1) is 0 Å². The summed E-state index contributed by atoms with van der Waals surface area (Å²) in [5.74, 6) is -0.358. The van der Waals surface area contributed by atoms with E-state index in [1.807, 2.05) is 30.3 Å². The van der Waals surface area contributed by atoms with E-state index < -0.39 is 27.8 Å². The molecule has 8 nitrogen and oxygen atoms in total. The van der Waals surface area contributed by atoms with Crippen LogP contribution in [0.2, 0.25) is 0 Å². The third-order valence-corrected chi connectivity index (χ3v) is 7.30. The number of rotatable bonds is 8. The van der Waals surface area contributed by atoms with Gasteiger partial charge >= 0.3 is 6.09 Å². The zero-order chi connectivity index (χ0) is 24.8. The second-order valence-electron chi connectivity index (χ2n) is 9.36. The van der Waals surface area contributed by atoms with E-state index in [-0.39, 0.29) is 17.3 Å². The first-order chi connectivity index (χ1) is 16.0. The third-order valence-electron chi connectivity index (χ3n) is 5.38. The number of carbonyl (C=O) groups is 2. The van der Waals surface area contributed by atoms with Crippen LogP contribution in [0.1, 0.15) is 44.7 Å². The number of alkyl carbamates (subject to hydrolysis) is 1. The third kappa shape index (κ3) is 7.30. The molecule has 2 aromatic carbocycles. The molecule has 1 aliphatic heterocycles. The minimum absolute atomic E-state index is 0.199. The van der Waals surface area contributed by atoms with Gasteiger partial charge in [-0.05, 0) is 56.9 Å². The molecule has 2 aromatic rings. The molecular formula is C25H33N3O5S. The lowest BCUT2D eigenvalue weighted by Crippen LogP contribution is -2.49. The largest absolute Gasteiger partial charge is 0.444 e. The van der Waals surface area contributed by atoms with Gasteiger partial charge < -0.3 is 15.4 Å². The summed E-state index contributed by atoms with van der Waals surface area (Å²) in [5.41, 5.74) is 0.967. The Bertz CT molecular complexity index is 1070. The maximum absolute atomic E-state index is 12.9. The fraction of sp³-hybridized carbons (Fsp3) is 0.440. The van der Waals surface area contributed by atoms with Crippen molar-refractivity contribution in [2.24, 2.45) is 0 Å². The predicted octanol–water partition coefficient (Wildman–Crippen LogP) is 3.22. The van der Waals surface area contributed by atoms with Crippen LogP contribution in [0.25, 0.3) is 0 Å². The second-order valence-corrected chi connectivity index (χ2v) is 11.3. The highest BCUT2D eigenvalue weighted by atomic mass is 32.2. The molecular weight excluding hydrogens is 454 g/mol. The van der Waals surface area contributed by atoms with Gasteiger partial charge in [-0.25, -0.2) is 13.2 Å². The van der Waals surface area contributed by atoms with E-state index in [1.54, 1.807) is 45.0 Å². The van der Waals surface area contributed by atoms with Crippen LogP contribution < -0.4 is 10.6 Å². The van der Waals surface area contributed by atoms with Crippen LogP contribution in [-0.4, -0.2) is 49.5 Å². The summed E-state index contributed by atoms with van der Waals surface area (Å²) in [6.07, 6.45) is 1.40. The van der Waals surface area contributed by atoms with Crippen molar-refractivity contribution in [3.8, 4) is 0 Å². The van der Waals surface area contributed by atoms with E-state index in [9.17, 15) is 18.0 Å². The zero-order valence-corrected chi connectivity index (χ0v) is 20.7. The molecule has 3 rings (SSSR count). The highest BCUT2D eigenvalue weighted by molar-refractivity contribution is 7.89. The van der Waals surface area contributed by atoms with Crippen molar-refractivity contribution in [2.45, 2.75) is 63.1 Å². The summed E-state index contributed by atoms with van der Waals surface area (Å²) in [4.78, 5) is 25.5. The van der Waals surface area contributed by atoms with Crippen molar-refractivity contribution in [1.82, 2.24) is 14.9 Å². The van der Waals surface area contributed by atoms with E-state index in [0.29, 0.717) is 19.5 Å². The van der Waals surface area contributed by atoms with Crippen molar-refractivity contribution in [3.05, 3.63) is 65.7 Å². The zero-order valence-electron chi connectivity index (χ0n) is 19.9. The van der Waals surface area contributed by atoms with Gasteiger partial charge in [0.15, 0.2) is 0 Å². The van der Waals surface area contributed by atoms with Gasteiger partial charge in [0, 0.05) is 26.1 Å². The molecule has 1 aliphatic rings. The Morgan fingerprint density at radius 3 is 2.18 bits per heavy atom. The standard InChI is InChI=1S/C25H33N3O5S/c1-25(2,3)33-24(30)27-22(17-19-9-5-4-6-10-19)23(29)26-18-20-11-13-21(14-12-20)34(31,32)28-15-7-8-16-28/h4-6,9-14,22H,7-8,15-18H2,1-3H3,(H,26,29)(H,27,30). The van der Waals surface area contributed by atoms with Crippen LogP contribution in [0.4, 0.5) is 4.79 Å². The molecule has 0 aromatic heterocycles. The predicted molar refractivity (Wildman–Crippen MR) is 130 cm³/mol. The van der Waals surface area contributed by atoms with Gasteiger partial charge in [-0.2, -0.15) is 4.31 Å². The molecule has 1 saturated heterocycles. The van der Waals surface area contributed by atoms with Gasteiger partial charge in [0.05, 0.1) is 4.90 Å². The topological polar surface area (TPSA) is 105 Å². The average molecular weight is 488 g/mol. The summed E-state index contributed by atoms with van der Waals surface area (Å²) in [7, 11) is -3.48. The van der Waals surface area contributed by atoms with E-state index >= 15 is 0 Å². The van der Waals surface area contributed by atoms with E-state index in [4.69, 9.17) is 4.74 Å². The fourth-order valence-corrected chi connectivity index (χ4v) is 5.20. The summed E-state index contributed by atoms with van der Waals surface area (Å²) in [6, 6.07) is 15.1. The van der Waals surface area contributed by atoms with Crippen molar-refractivity contribution in [3.63, 3.8) is 0 Å². The maximum Gasteiger partial charge on any atom is 0.408 e. The summed E-state index contributed by atoms with van der Waals surface area (Å²) in [6.45, 7) is 6.57. The normalized spacial score (nSPS) is 15.5. The monoisotopic (exact) mass is 487 g/mol. The van der Waals surface area contributed by atoms with Gasteiger partial charge in [0.1, 0.15) is 11.6 Å². The molecule has 0 spiro atoms. The molecule has 0 radical (unpaired) electrons. The van der Waals surface area contributed by atoms with E-state index in [0.717, 1.165) is 24.0 Å². The lowest BCUT2D eigenvalue weighted by atomic mass is 10.1. The van der Waals surface area contributed by atoms with E-state index in [2.05, 4.69) is 10.6 Å². The molecule has 184 valence electrons. The first-order valence-electron chi connectivity index (χ1n) is 11.4. The van der Waals surface area contributed by atoms with Crippen molar-refractivity contribution >= 4 is 22.0 Å². The molecule has 1 fully saturated rings. The number of hydrogen-bond acceptors (Lipinski definition) is 5. The van der Waals surface area contributed by atoms with Gasteiger partial charge in [0.25, 0.3) is 0 Å². The Labute approximate surface area is 201 Å². The van der Waals surface area contributed by atoms with Gasteiger partial charge in [0.2, 0.25) is 15.9 Å². The SMILES string of the molecule is CC(C)(C)OC(=O)NC(Cc1ccccc1)C(=O)NCc1ccc(S(=O)(=O)N2CCCC2)cc1. The number of nitrogens with zero attached hydrogens (tertiary/aromatic N) is 1. The molecule has 2 N–H and O–H groups in total. The highest BCUT2D eigenvalue weighted by Gasteiger charge is 2.27. The first-order valence-corrected chi connectivity index (χ1v) is 12.9. The average Bonchev–Trinajstić information content (AvgIpc) is 3.33. The van der Waals surface area contributed by atoms with Crippen LogP contribution in [-0.2, 0) is 32.5 Å². The summed E-state index contributed by atoms with van der Waals surface area (Å²) >= 11 is 0. The molecule has 1 unspecified atom stereocenters. The maximum atomic E-state index is 12.9. The number of benzene rings is 2. The Morgan fingerprint density at radius 1 is 0.971 bits per heavy atom. The number of sulfonamides is 1. The molecule has 0 aliphatic carbocycles. The quantitative estimate of drug-likeness (QED) is 0.595. The smallest absolute Gasteiger partial charge is 0.408 e. The number of carbonyl (C=O) groups excluding carboxylic acids is 2. The van der Waals surface area contributed by atoms with Gasteiger partial charge in [-0.3, -0.25) is 4.79 Å². The molecule has 9 heteroatoms. The van der Waals surface area contributed by atoms with Crippen LogP contribution >= 0.6 is 0 Å². The number of hydrogen-bond donors (Lipinski definition) is 2. The van der Waals surface area contributed by atoms with Crippen molar-refractivity contribution < 1.29 is 22.7 Å². The van der Waals surface area contributed by atoms with Crippen LogP contribution in [0.15, 0.2) is 59.5 Å². The highest BCUT2D eigenvalue weighted by Crippen LogP contribution is 2.21. The van der Waals surface area contributed by atoms with Crippen molar-refractivity contribution in [1.29, 1.82) is 0 Å². The molecule has 0 bridgehead atoms. The number of nitrogens with one attached hydrogen (secondary N) is 2. The second kappa shape index (κ2) is 11.0. The molecule has 34 heavy (non-hydrogen) atoms. The Morgan fingerprint density at radius 2 is 1.59 bits per heavy atom. The molecule has 0 saturated carbocycles.